The molecular weight excluding hydrogens is 308 g/mol. The molecule has 108 valence electrons. The second kappa shape index (κ2) is 6.47. The van der Waals surface area contributed by atoms with E-state index in [-0.39, 0.29) is 23.1 Å². The van der Waals surface area contributed by atoms with Crippen LogP contribution >= 0.6 is 22.9 Å². The van der Waals surface area contributed by atoms with Crippen molar-refractivity contribution in [3.8, 4) is 0 Å². The Labute approximate surface area is 123 Å². The lowest BCUT2D eigenvalue weighted by Gasteiger charge is -2.20. The predicted octanol–water partition coefficient (Wildman–Crippen LogP) is 3.25. The Morgan fingerprint density at radius 3 is 2.70 bits per heavy atom. The van der Waals surface area contributed by atoms with E-state index >= 15 is 0 Å². The molecule has 2 aromatic rings. The number of hydrogen-bond donors (Lipinski definition) is 1. The summed E-state index contributed by atoms with van der Waals surface area (Å²) in [4.78, 5) is 13.4. The maximum absolute atomic E-state index is 12.5. The second-order valence-electron chi connectivity index (χ2n) is 4.11. The summed E-state index contributed by atoms with van der Waals surface area (Å²) < 4.78 is 25.8. The van der Waals surface area contributed by atoms with E-state index in [0.29, 0.717) is 0 Å². The molecule has 1 heterocycles. The average Bonchev–Trinajstić information content (AvgIpc) is 2.75. The highest BCUT2D eigenvalue weighted by atomic mass is 35.5. The van der Waals surface area contributed by atoms with Crippen LogP contribution in [0.2, 0.25) is 5.02 Å². The molecule has 0 radical (unpaired) electrons. The molecule has 2 rings (SSSR count). The Bertz CT molecular complexity index is 617. The van der Waals surface area contributed by atoms with Crippen molar-refractivity contribution >= 4 is 38.9 Å². The maximum atomic E-state index is 12.5. The molecule has 1 aromatic heterocycles. The van der Waals surface area contributed by atoms with Crippen LogP contribution in [0.3, 0.4) is 0 Å². The van der Waals surface area contributed by atoms with Gasteiger partial charge >= 0.3 is 0 Å². The molecule has 0 aliphatic rings. The van der Waals surface area contributed by atoms with Crippen molar-refractivity contribution in [2.24, 2.45) is 0 Å². The fourth-order valence-corrected chi connectivity index (χ4v) is 3.34. The number of halogens is 3. The van der Waals surface area contributed by atoms with Crippen molar-refractivity contribution in [2.45, 2.75) is 6.43 Å². The van der Waals surface area contributed by atoms with Gasteiger partial charge in [-0.1, -0.05) is 29.8 Å². The van der Waals surface area contributed by atoms with E-state index in [1.54, 1.807) is 12.1 Å². The van der Waals surface area contributed by atoms with Crippen LogP contribution in [0.5, 0.6) is 0 Å². The number of thiophene rings is 1. The summed E-state index contributed by atoms with van der Waals surface area (Å²) in [7, 11) is 0. The predicted molar refractivity (Wildman–Crippen MR) is 75.8 cm³/mol. The van der Waals surface area contributed by atoms with Gasteiger partial charge in [0.05, 0.1) is 18.2 Å². The molecule has 0 aliphatic carbocycles. The van der Waals surface area contributed by atoms with Crippen molar-refractivity contribution in [3.05, 3.63) is 34.2 Å². The zero-order valence-electron chi connectivity index (χ0n) is 10.4. The lowest BCUT2D eigenvalue weighted by Crippen LogP contribution is -2.37. The van der Waals surface area contributed by atoms with Crippen LogP contribution in [-0.4, -0.2) is 42.0 Å². The molecule has 20 heavy (non-hydrogen) atoms. The molecule has 0 atom stereocenters. The van der Waals surface area contributed by atoms with Gasteiger partial charge in [-0.3, -0.25) is 4.79 Å². The highest BCUT2D eigenvalue weighted by Crippen LogP contribution is 2.35. The van der Waals surface area contributed by atoms with Gasteiger partial charge in [0.15, 0.2) is 0 Å². The summed E-state index contributed by atoms with van der Waals surface area (Å²) in [6.07, 6.45) is -2.65. The summed E-state index contributed by atoms with van der Waals surface area (Å²) in [5, 5.41) is 9.88. The summed E-state index contributed by atoms with van der Waals surface area (Å²) in [6.45, 7) is -1.24. The fourth-order valence-electron chi connectivity index (χ4n) is 1.86. The van der Waals surface area contributed by atoms with Gasteiger partial charge in [0, 0.05) is 16.6 Å². The number of alkyl halides is 2. The highest BCUT2D eigenvalue weighted by Gasteiger charge is 2.24. The van der Waals surface area contributed by atoms with Crippen LogP contribution in [-0.2, 0) is 0 Å². The third-order valence-electron chi connectivity index (χ3n) is 2.74. The largest absolute Gasteiger partial charge is 0.395 e. The highest BCUT2D eigenvalue weighted by molar-refractivity contribution is 7.21. The third kappa shape index (κ3) is 3.08. The molecule has 0 bridgehead atoms. The minimum atomic E-state index is -2.65. The molecule has 0 saturated heterocycles. The summed E-state index contributed by atoms with van der Waals surface area (Å²) in [5.41, 5.74) is 0. The monoisotopic (exact) mass is 319 g/mol. The van der Waals surface area contributed by atoms with Gasteiger partial charge in [0.25, 0.3) is 12.3 Å². The molecule has 0 saturated carbocycles. The zero-order valence-corrected chi connectivity index (χ0v) is 11.9. The number of carbonyl (C=O) groups excluding carboxylic acids is 1. The minimum Gasteiger partial charge on any atom is -0.395 e. The first-order valence-corrected chi connectivity index (χ1v) is 7.09. The van der Waals surface area contributed by atoms with Gasteiger partial charge in [0.1, 0.15) is 4.88 Å². The molecule has 0 spiro atoms. The van der Waals surface area contributed by atoms with E-state index in [1.807, 2.05) is 12.1 Å². The lowest BCUT2D eigenvalue weighted by atomic mass is 10.2. The van der Waals surface area contributed by atoms with Crippen LogP contribution in [0.25, 0.3) is 10.1 Å². The first kappa shape index (κ1) is 15.2. The quantitative estimate of drug-likeness (QED) is 0.919. The van der Waals surface area contributed by atoms with Crippen molar-refractivity contribution in [2.75, 3.05) is 19.7 Å². The fraction of sp³-hybridized carbons (Fsp3) is 0.308. The molecule has 1 aromatic carbocycles. The molecule has 1 N–H and O–H groups in total. The molecule has 1 amide bonds. The molecule has 0 fully saturated rings. The molecular formula is C13H12ClF2NO2S. The number of fused-ring (bicyclic) bond motifs is 1. The van der Waals surface area contributed by atoms with Gasteiger partial charge < -0.3 is 10.0 Å². The normalized spacial score (nSPS) is 11.2. The van der Waals surface area contributed by atoms with Gasteiger partial charge in [-0.15, -0.1) is 11.3 Å². The number of benzene rings is 1. The van der Waals surface area contributed by atoms with Crippen LogP contribution in [0.15, 0.2) is 24.3 Å². The lowest BCUT2D eigenvalue weighted by molar-refractivity contribution is 0.0513. The molecule has 0 unspecified atom stereocenters. The van der Waals surface area contributed by atoms with Crippen LogP contribution < -0.4 is 0 Å². The molecule has 0 aliphatic heterocycles. The number of aliphatic hydroxyl groups excluding tert-OH is 1. The Balaban J connectivity index is 2.35. The SMILES string of the molecule is O=C(c1sc2ccccc2c1Cl)N(CCO)CC(F)F. The third-order valence-corrected chi connectivity index (χ3v) is 4.41. The van der Waals surface area contributed by atoms with Crippen LogP contribution in [0.4, 0.5) is 8.78 Å². The zero-order chi connectivity index (χ0) is 14.7. The number of hydrogen-bond acceptors (Lipinski definition) is 3. The Morgan fingerprint density at radius 1 is 1.40 bits per heavy atom. The van der Waals surface area contributed by atoms with Gasteiger partial charge in [-0.2, -0.15) is 0 Å². The average molecular weight is 320 g/mol. The van der Waals surface area contributed by atoms with E-state index in [4.69, 9.17) is 16.7 Å². The molecule has 3 nitrogen and oxygen atoms in total. The second-order valence-corrected chi connectivity index (χ2v) is 5.54. The van der Waals surface area contributed by atoms with Crippen molar-refractivity contribution in [3.63, 3.8) is 0 Å². The minimum absolute atomic E-state index is 0.145. The topological polar surface area (TPSA) is 40.5 Å². The summed E-state index contributed by atoms with van der Waals surface area (Å²) in [6, 6.07) is 7.19. The maximum Gasteiger partial charge on any atom is 0.265 e. The number of aliphatic hydroxyl groups is 1. The van der Waals surface area contributed by atoms with Gasteiger partial charge in [0.2, 0.25) is 0 Å². The van der Waals surface area contributed by atoms with Gasteiger partial charge in [-0.05, 0) is 6.07 Å². The first-order chi connectivity index (χ1) is 9.54. The van der Waals surface area contributed by atoms with Crippen molar-refractivity contribution < 1.29 is 18.7 Å². The van der Waals surface area contributed by atoms with Crippen LogP contribution in [0.1, 0.15) is 9.67 Å². The Hall–Kier alpha value is -1.24. The van der Waals surface area contributed by atoms with E-state index in [0.717, 1.165) is 26.3 Å². The van der Waals surface area contributed by atoms with Crippen molar-refractivity contribution in [1.82, 2.24) is 4.90 Å². The first-order valence-electron chi connectivity index (χ1n) is 5.90. The van der Waals surface area contributed by atoms with E-state index in [9.17, 15) is 13.6 Å². The number of amides is 1. The molecule has 7 heteroatoms. The number of rotatable bonds is 5. The summed E-state index contributed by atoms with van der Waals surface area (Å²) in [5.74, 6) is -0.578. The Morgan fingerprint density at radius 2 is 2.10 bits per heavy atom. The standard InChI is InChI=1S/C13H12ClF2NO2S/c14-11-8-3-1-2-4-9(8)20-12(11)13(19)17(5-6-18)7-10(15)16/h1-4,10,18H,5-7H2. The summed E-state index contributed by atoms with van der Waals surface area (Å²) >= 11 is 7.31. The number of nitrogens with zero attached hydrogens (tertiary/aromatic N) is 1. The van der Waals surface area contributed by atoms with Gasteiger partial charge in [-0.25, -0.2) is 8.78 Å². The number of carbonyl (C=O) groups is 1. The van der Waals surface area contributed by atoms with E-state index in [1.165, 1.54) is 0 Å². The smallest absolute Gasteiger partial charge is 0.265 e. The van der Waals surface area contributed by atoms with Crippen molar-refractivity contribution in [1.29, 1.82) is 0 Å². The van der Waals surface area contributed by atoms with E-state index in [2.05, 4.69) is 0 Å². The van der Waals surface area contributed by atoms with E-state index < -0.39 is 18.9 Å². The van der Waals surface area contributed by atoms with Crippen LogP contribution in [0, 0.1) is 0 Å². The Kier molecular flexibility index (Phi) is 4.91.